The summed E-state index contributed by atoms with van der Waals surface area (Å²) in [6, 6.07) is 1.76. The molecule has 1 aliphatic rings. The van der Waals surface area contributed by atoms with Crippen molar-refractivity contribution in [3.05, 3.63) is 36.0 Å². The Morgan fingerprint density at radius 1 is 1.47 bits per heavy atom. The molecule has 1 fully saturated rings. The maximum atomic E-state index is 11.1. The third kappa shape index (κ3) is 1.80. The van der Waals surface area contributed by atoms with Crippen molar-refractivity contribution in [2.45, 2.75) is 18.8 Å². The van der Waals surface area contributed by atoms with Crippen molar-refractivity contribution in [1.29, 1.82) is 0 Å². The standard InChI is InChI=1S/C12H10N2O3/c15-12(16)9-5-13-11(8-3-4-17-6-8)14-10(9)7-1-2-7/h3-7H,1-2H2,(H,15,16). The van der Waals surface area contributed by atoms with Gasteiger partial charge in [-0.1, -0.05) is 0 Å². The second-order valence-corrected chi connectivity index (χ2v) is 4.08. The average Bonchev–Trinajstić information content (AvgIpc) is 3.03. The van der Waals surface area contributed by atoms with Gasteiger partial charge in [0.15, 0.2) is 5.82 Å². The minimum absolute atomic E-state index is 0.208. The van der Waals surface area contributed by atoms with E-state index in [1.54, 1.807) is 18.6 Å². The summed E-state index contributed by atoms with van der Waals surface area (Å²) >= 11 is 0. The van der Waals surface area contributed by atoms with Crippen LogP contribution in [0, 0.1) is 0 Å². The predicted molar refractivity (Wildman–Crippen MR) is 58.7 cm³/mol. The highest BCUT2D eigenvalue weighted by Gasteiger charge is 2.30. The minimum atomic E-state index is -0.967. The lowest BCUT2D eigenvalue weighted by Gasteiger charge is -2.04. The third-order valence-corrected chi connectivity index (χ3v) is 2.79. The van der Waals surface area contributed by atoms with E-state index in [1.165, 1.54) is 6.20 Å². The normalized spacial score (nSPS) is 14.8. The van der Waals surface area contributed by atoms with Crippen molar-refractivity contribution < 1.29 is 14.3 Å². The van der Waals surface area contributed by atoms with Crippen LogP contribution in [0.3, 0.4) is 0 Å². The number of hydrogen-bond donors (Lipinski definition) is 1. The lowest BCUT2D eigenvalue weighted by molar-refractivity contribution is 0.0694. The van der Waals surface area contributed by atoms with Crippen LogP contribution < -0.4 is 0 Å². The van der Waals surface area contributed by atoms with E-state index in [0.29, 0.717) is 11.5 Å². The van der Waals surface area contributed by atoms with Gasteiger partial charge in [-0.05, 0) is 18.9 Å². The second kappa shape index (κ2) is 3.69. The van der Waals surface area contributed by atoms with E-state index in [2.05, 4.69) is 9.97 Å². The Morgan fingerprint density at radius 3 is 2.88 bits per heavy atom. The summed E-state index contributed by atoms with van der Waals surface area (Å²) < 4.78 is 4.97. The van der Waals surface area contributed by atoms with E-state index in [-0.39, 0.29) is 11.5 Å². The Kier molecular flexibility index (Phi) is 2.18. The van der Waals surface area contributed by atoms with Crippen molar-refractivity contribution in [3.63, 3.8) is 0 Å². The van der Waals surface area contributed by atoms with Crippen LogP contribution in [-0.4, -0.2) is 21.0 Å². The molecule has 0 aliphatic heterocycles. The number of aromatic nitrogens is 2. The fraction of sp³-hybridized carbons (Fsp3) is 0.250. The summed E-state index contributed by atoms with van der Waals surface area (Å²) in [5, 5.41) is 9.07. The fourth-order valence-electron chi connectivity index (χ4n) is 1.76. The molecule has 0 radical (unpaired) electrons. The number of aromatic carboxylic acids is 1. The van der Waals surface area contributed by atoms with Crippen molar-refractivity contribution in [3.8, 4) is 11.4 Å². The van der Waals surface area contributed by atoms with Gasteiger partial charge >= 0.3 is 5.97 Å². The summed E-state index contributed by atoms with van der Waals surface area (Å²) in [5.74, 6) is -0.175. The SMILES string of the molecule is O=C(O)c1cnc(-c2ccoc2)nc1C1CC1. The van der Waals surface area contributed by atoms with Crippen LogP contribution in [0.2, 0.25) is 0 Å². The molecule has 2 aromatic rings. The van der Waals surface area contributed by atoms with Gasteiger partial charge in [-0.2, -0.15) is 0 Å². The quantitative estimate of drug-likeness (QED) is 0.875. The van der Waals surface area contributed by atoms with E-state index in [0.717, 1.165) is 18.4 Å². The molecule has 1 saturated carbocycles. The van der Waals surface area contributed by atoms with Crippen molar-refractivity contribution in [2.24, 2.45) is 0 Å². The molecular weight excluding hydrogens is 220 g/mol. The molecule has 5 nitrogen and oxygen atoms in total. The topological polar surface area (TPSA) is 76.2 Å². The monoisotopic (exact) mass is 230 g/mol. The second-order valence-electron chi connectivity index (χ2n) is 4.08. The summed E-state index contributed by atoms with van der Waals surface area (Å²) in [4.78, 5) is 19.5. The van der Waals surface area contributed by atoms with E-state index in [4.69, 9.17) is 9.52 Å². The van der Waals surface area contributed by atoms with Gasteiger partial charge in [-0.3, -0.25) is 0 Å². The van der Waals surface area contributed by atoms with Crippen LogP contribution in [-0.2, 0) is 0 Å². The highest BCUT2D eigenvalue weighted by molar-refractivity contribution is 5.89. The molecule has 2 aromatic heterocycles. The van der Waals surface area contributed by atoms with E-state index < -0.39 is 5.97 Å². The predicted octanol–water partition coefficient (Wildman–Crippen LogP) is 2.31. The zero-order valence-corrected chi connectivity index (χ0v) is 8.96. The average molecular weight is 230 g/mol. The first-order valence-electron chi connectivity index (χ1n) is 5.38. The van der Waals surface area contributed by atoms with E-state index >= 15 is 0 Å². The molecule has 0 amide bonds. The molecule has 1 N–H and O–H groups in total. The largest absolute Gasteiger partial charge is 0.478 e. The molecule has 2 heterocycles. The lowest BCUT2D eigenvalue weighted by Crippen LogP contribution is -2.06. The molecule has 0 spiro atoms. The van der Waals surface area contributed by atoms with Gasteiger partial charge < -0.3 is 9.52 Å². The molecule has 0 bridgehead atoms. The van der Waals surface area contributed by atoms with Crippen LogP contribution >= 0.6 is 0 Å². The molecule has 0 unspecified atom stereocenters. The lowest BCUT2D eigenvalue weighted by atomic mass is 10.1. The van der Waals surface area contributed by atoms with Crippen LogP contribution in [0.25, 0.3) is 11.4 Å². The molecule has 5 heteroatoms. The van der Waals surface area contributed by atoms with Crippen molar-refractivity contribution in [2.75, 3.05) is 0 Å². The van der Waals surface area contributed by atoms with Crippen LogP contribution in [0.15, 0.2) is 29.2 Å². The van der Waals surface area contributed by atoms with Gasteiger partial charge in [0.2, 0.25) is 0 Å². The molecule has 1 aliphatic carbocycles. The minimum Gasteiger partial charge on any atom is -0.478 e. The Hall–Kier alpha value is -2.17. The van der Waals surface area contributed by atoms with E-state index in [9.17, 15) is 4.79 Å². The van der Waals surface area contributed by atoms with Gasteiger partial charge in [-0.25, -0.2) is 14.8 Å². The molecule has 0 aromatic carbocycles. The Bertz CT molecular complexity index is 559. The molecular formula is C12H10N2O3. The maximum Gasteiger partial charge on any atom is 0.339 e. The number of carboxylic acid groups (broad SMARTS) is 1. The zero-order valence-electron chi connectivity index (χ0n) is 8.96. The highest BCUT2D eigenvalue weighted by Crippen LogP contribution is 2.41. The first-order chi connectivity index (χ1) is 8.25. The summed E-state index contributed by atoms with van der Waals surface area (Å²) in [6.45, 7) is 0. The first-order valence-corrected chi connectivity index (χ1v) is 5.38. The van der Waals surface area contributed by atoms with Crippen LogP contribution in [0.4, 0.5) is 0 Å². The maximum absolute atomic E-state index is 11.1. The van der Waals surface area contributed by atoms with Gasteiger partial charge in [0.05, 0.1) is 23.1 Å². The molecule has 17 heavy (non-hydrogen) atoms. The number of rotatable bonds is 3. The van der Waals surface area contributed by atoms with Gasteiger partial charge in [-0.15, -0.1) is 0 Å². The highest BCUT2D eigenvalue weighted by atomic mass is 16.4. The summed E-state index contributed by atoms with van der Waals surface area (Å²) in [6.07, 6.45) is 6.47. The zero-order chi connectivity index (χ0) is 11.8. The van der Waals surface area contributed by atoms with Crippen LogP contribution in [0.5, 0.6) is 0 Å². The molecule has 3 rings (SSSR count). The number of furan rings is 1. The smallest absolute Gasteiger partial charge is 0.339 e. The number of carbonyl (C=O) groups is 1. The van der Waals surface area contributed by atoms with Gasteiger partial charge in [0.25, 0.3) is 0 Å². The van der Waals surface area contributed by atoms with Crippen LogP contribution in [0.1, 0.15) is 34.8 Å². The van der Waals surface area contributed by atoms with Gasteiger partial charge in [0.1, 0.15) is 6.26 Å². The number of hydrogen-bond acceptors (Lipinski definition) is 4. The summed E-state index contributed by atoms with van der Waals surface area (Å²) in [5.41, 5.74) is 1.62. The number of carboxylic acids is 1. The third-order valence-electron chi connectivity index (χ3n) is 2.79. The van der Waals surface area contributed by atoms with Crippen molar-refractivity contribution in [1.82, 2.24) is 9.97 Å². The Balaban J connectivity index is 2.09. The van der Waals surface area contributed by atoms with Gasteiger partial charge in [0, 0.05) is 12.1 Å². The summed E-state index contributed by atoms with van der Waals surface area (Å²) in [7, 11) is 0. The van der Waals surface area contributed by atoms with Crippen molar-refractivity contribution >= 4 is 5.97 Å². The van der Waals surface area contributed by atoms with E-state index in [1.807, 2.05) is 0 Å². The molecule has 0 saturated heterocycles. The Labute approximate surface area is 97.1 Å². The Morgan fingerprint density at radius 2 is 2.29 bits per heavy atom. The first kappa shape index (κ1) is 10.0. The fourth-order valence-corrected chi connectivity index (χ4v) is 1.76. The number of nitrogens with zero attached hydrogens (tertiary/aromatic N) is 2. The molecule has 86 valence electrons. The molecule has 0 atom stereocenters.